The maximum atomic E-state index is 12.7. The van der Waals surface area contributed by atoms with Crippen LogP contribution in [0.15, 0.2) is 18.2 Å². The number of hydrogen-bond acceptors (Lipinski definition) is 3. The van der Waals surface area contributed by atoms with E-state index < -0.39 is 0 Å². The Morgan fingerprint density at radius 2 is 1.95 bits per heavy atom. The SMILES string of the molecule is CCCCN(CCCO)C(=O)c1cc(NC(C)=O)ccc1Cl. The number of hydrogen-bond donors (Lipinski definition) is 2. The van der Waals surface area contributed by atoms with Crippen molar-refractivity contribution in [1.82, 2.24) is 4.90 Å². The summed E-state index contributed by atoms with van der Waals surface area (Å²) in [5, 5.41) is 12.0. The summed E-state index contributed by atoms with van der Waals surface area (Å²) in [7, 11) is 0. The molecule has 0 unspecified atom stereocenters. The average Bonchev–Trinajstić information content (AvgIpc) is 2.48. The Labute approximate surface area is 136 Å². The molecular formula is C16H23ClN2O3. The first-order chi connectivity index (χ1) is 10.5. The lowest BCUT2D eigenvalue weighted by atomic mass is 10.1. The number of aliphatic hydroxyl groups is 1. The number of rotatable bonds is 8. The predicted molar refractivity (Wildman–Crippen MR) is 88.3 cm³/mol. The van der Waals surface area contributed by atoms with E-state index in [4.69, 9.17) is 16.7 Å². The van der Waals surface area contributed by atoms with Gasteiger partial charge >= 0.3 is 0 Å². The van der Waals surface area contributed by atoms with E-state index in [1.54, 1.807) is 23.1 Å². The molecule has 122 valence electrons. The smallest absolute Gasteiger partial charge is 0.255 e. The number of nitrogens with zero attached hydrogens (tertiary/aromatic N) is 1. The van der Waals surface area contributed by atoms with Crippen molar-refractivity contribution >= 4 is 29.1 Å². The van der Waals surface area contributed by atoms with Gasteiger partial charge in [0.15, 0.2) is 0 Å². The van der Waals surface area contributed by atoms with Crippen LogP contribution in [0.1, 0.15) is 43.5 Å². The third-order valence-corrected chi connectivity index (χ3v) is 3.50. The molecule has 0 fully saturated rings. The van der Waals surface area contributed by atoms with Gasteiger partial charge in [-0.1, -0.05) is 24.9 Å². The number of aliphatic hydroxyl groups excluding tert-OH is 1. The number of nitrogens with one attached hydrogen (secondary N) is 1. The van der Waals surface area contributed by atoms with Crippen LogP contribution >= 0.6 is 11.6 Å². The van der Waals surface area contributed by atoms with E-state index in [1.165, 1.54) is 6.92 Å². The number of unbranched alkanes of at least 4 members (excludes halogenated alkanes) is 1. The van der Waals surface area contributed by atoms with Gasteiger partial charge < -0.3 is 15.3 Å². The van der Waals surface area contributed by atoms with Crippen LogP contribution in [0.4, 0.5) is 5.69 Å². The van der Waals surface area contributed by atoms with Gasteiger partial charge in [0.25, 0.3) is 5.91 Å². The van der Waals surface area contributed by atoms with Gasteiger partial charge in [-0.3, -0.25) is 9.59 Å². The first-order valence-electron chi connectivity index (χ1n) is 7.46. The van der Waals surface area contributed by atoms with Gasteiger partial charge in [0.2, 0.25) is 5.91 Å². The van der Waals surface area contributed by atoms with Crippen LogP contribution in [-0.4, -0.2) is 41.5 Å². The molecule has 0 bridgehead atoms. The largest absolute Gasteiger partial charge is 0.396 e. The molecule has 0 saturated heterocycles. The second-order valence-electron chi connectivity index (χ2n) is 5.10. The molecule has 0 aromatic heterocycles. The maximum Gasteiger partial charge on any atom is 0.255 e. The number of anilines is 1. The van der Waals surface area contributed by atoms with Crippen molar-refractivity contribution in [3.05, 3.63) is 28.8 Å². The Morgan fingerprint density at radius 3 is 2.55 bits per heavy atom. The van der Waals surface area contributed by atoms with E-state index in [0.29, 0.717) is 35.8 Å². The maximum absolute atomic E-state index is 12.7. The summed E-state index contributed by atoms with van der Waals surface area (Å²) in [6.45, 7) is 4.60. The molecule has 5 nitrogen and oxygen atoms in total. The second-order valence-corrected chi connectivity index (χ2v) is 5.51. The molecule has 1 aromatic carbocycles. The monoisotopic (exact) mass is 326 g/mol. The van der Waals surface area contributed by atoms with Crippen molar-refractivity contribution in [2.75, 3.05) is 25.0 Å². The molecule has 6 heteroatoms. The zero-order valence-corrected chi connectivity index (χ0v) is 13.8. The minimum atomic E-state index is -0.205. The Balaban J connectivity index is 2.97. The van der Waals surface area contributed by atoms with E-state index >= 15 is 0 Å². The van der Waals surface area contributed by atoms with Crippen LogP contribution in [-0.2, 0) is 4.79 Å². The fourth-order valence-electron chi connectivity index (χ4n) is 2.07. The van der Waals surface area contributed by atoms with Crippen LogP contribution in [0, 0.1) is 0 Å². The van der Waals surface area contributed by atoms with Gasteiger partial charge in [0, 0.05) is 32.3 Å². The number of amides is 2. The van der Waals surface area contributed by atoms with Crippen LogP contribution in [0.2, 0.25) is 5.02 Å². The number of carbonyl (C=O) groups is 2. The lowest BCUT2D eigenvalue weighted by molar-refractivity contribution is -0.114. The van der Waals surface area contributed by atoms with Gasteiger partial charge in [-0.15, -0.1) is 0 Å². The predicted octanol–water partition coefficient (Wildman–Crippen LogP) is 2.92. The van der Waals surface area contributed by atoms with Crippen molar-refractivity contribution in [1.29, 1.82) is 0 Å². The molecule has 0 saturated carbocycles. The van der Waals surface area contributed by atoms with E-state index in [2.05, 4.69) is 12.2 Å². The fraction of sp³-hybridized carbons (Fsp3) is 0.500. The lowest BCUT2D eigenvalue weighted by Gasteiger charge is -2.23. The van der Waals surface area contributed by atoms with Gasteiger partial charge in [0.1, 0.15) is 0 Å². The molecule has 0 atom stereocenters. The minimum absolute atomic E-state index is 0.0373. The lowest BCUT2D eigenvalue weighted by Crippen LogP contribution is -2.33. The van der Waals surface area contributed by atoms with Crippen molar-refractivity contribution in [3.8, 4) is 0 Å². The number of carbonyl (C=O) groups excluding carboxylic acids is 2. The summed E-state index contributed by atoms with van der Waals surface area (Å²) >= 11 is 6.13. The second kappa shape index (κ2) is 9.43. The highest BCUT2D eigenvalue weighted by atomic mass is 35.5. The molecule has 0 aliphatic rings. The van der Waals surface area contributed by atoms with Gasteiger partial charge in [-0.2, -0.15) is 0 Å². The van der Waals surface area contributed by atoms with Crippen LogP contribution in [0.5, 0.6) is 0 Å². The van der Waals surface area contributed by atoms with Gasteiger partial charge in [0.05, 0.1) is 10.6 Å². The minimum Gasteiger partial charge on any atom is -0.396 e. The zero-order valence-electron chi connectivity index (χ0n) is 13.1. The third kappa shape index (κ3) is 5.66. The molecule has 2 amide bonds. The van der Waals surface area contributed by atoms with E-state index in [1.807, 2.05) is 0 Å². The summed E-state index contributed by atoms with van der Waals surface area (Å²) in [4.78, 5) is 25.5. The van der Waals surface area contributed by atoms with E-state index in [0.717, 1.165) is 12.8 Å². The molecule has 0 radical (unpaired) electrons. The van der Waals surface area contributed by atoms with Crippen LogP contribution in [0.25, 0.3) is 0 Å². The molecule has 2 N–H and O–H groups in total. The zero-order chi connectivity index (χ0) is 16.5. The normalized spacial score (nSPS) is 10.4. The first kappa shape index (κ1) is 18.5. The summed E-state index contributed by atoms with van der Waals surface area (Å²) in [6, 6.07) is 4.85. The summed E-state index contributed by atoms with van der Waals surface area (Å²) in [5.74, 6) is -0.386. The Hall–Kier alpha value is -1.59. The number of halogens is 1. The highest BCUT2D eigenvalue weighted by Crippen LogP contribution is 2.22. The van der Waals surface area contributed by atoms with Gasteiger partial charge in [-0.25, -0.2) is 0 Å². The molecule has 1 aromatic rings. The van der Waals surface area contributed by atoms with Crippen LogP contribution in [0.3, 0.4) is 0 Å². The Bertz CT molecular complexity index is 512. The van der Waals surface area contributed by atoms with Crippen molar-refractivity contribution < 1.29 is 14.7 Å². The fourth-order valence-corrected chi connectivity index (χ4v) is 2.26. The summed E-state index contributed by atoms with van der Waals surface area (Å²) < 4.78 is 0. The summed E-state index contributed by atoms with van der Waals surface area (Å²) in [6.07, 6.45) is 2.39. The highest BCUT2D eigenvalue weighted by molar-refractivity contribution is 6.34. The van der Waals surface area contributed by atoms with Crippen molar-refractivity contribution in [3.63, 3.8) is 0 Å². The standard InChI is InChI=1S/C16H23ClN2O3/c1-3-4-8-19(9-5-10-20)16(22)14-11-13(18-12(2)21)6-7-15(14)17/h6-7,11,20H,3-5,8-10H2,1-2H3,(H,18,21). The molecule has 0 spiro atoms. The van der Waals surface area contributed by atoms with E-state index in [-0.39, 0.29) is 18.4 Å². The Kier molecular flexibility index (Phi) is 7.91. The summed E-state index contributed by atoms with van der Waals surface area (Å²) in [5.41, 5.74) is 0.903. The highest BCUT2D eigenvalue weighted by Gasteiger charge is 2.18. The molecule has 22 heavy (non-hydrogen) atoms. The van der Waals surface area contributed by atoms with Crippen LogP contribution < -0.4 is 5.32 Å². The first-order valence-corrected chi connectivity index (χ1v) is 7.84. The average molecular weight is 327 g/mol. The number of benzene rings is 1. The Morgan fingerprint density at radius 1 is 1.27 bits per heavy atom. The quantitative estimate of drug-likeness (QED) is 0.771. The molecule has 0 aliphatic carbocycles. The van der Waals surface area contributed by atoms with Gasteiger partial charge in [-0.05, 0) is 31.0 Å². The molecular weight excluding hydrogens is 304 g/mol. The topological polar surface area (TPSA) is 69.6 Å². The molecule has 0 heterocycles. The van der Waals surface area contributed by atoms with Crippen molar-refractivity contribution in [2.24, 2.45) is 0 Å². The third-order valence-electron chi connectivity index (χ3n) is 3.17. The molecule has 0 aliphatic heterocycles. The van der Waals surface area contributed by atoms with E-state index in [9.17, 15) is 9.59 Å². The van der Waals surface area contributed by atoms with Crippen molar-refractivity contribution in [2.45, 2.75) is 33.1 Å². The molecule has 1 rings (SSSR count).